The highest BCUT2D eigenvalue weighted by atomic mass is 79.9. The van der Waals surface area contributed by atoms with E-state index in [9.17, 15) is 0 Å². The average Bonchev–Trinajstić information content (AvgIpc) is 2.47. The molecule has 0 saturated heterocycles. The molecule has 1 N–H and O–H groups in total. The van der Waals surface area contributed by atoms with Gasteiger partial charge in [0.1, 0.15) is 12.4 Å². The fourth-order valence-corrected chi connectivity index (χ4v) is 2.95. The SMILES string of the molecule is CCNC(C)c1cc(Br)ccc1OCc1ccccc1Br. The van der Waals surface area contributed by atoms with Crippen molar-refractivity contribution in [2.45, 2.75) is 26.5 Å². The zero-order valence-electron chi connectivity index (χ0n) is 12.2. The monoisotopic (exact) mass is 411 g/mol. The zero-order valence-corrected chi connectivity index (χ0v) is 15.4. The lowest BCUT2D eigenvalue weighted by Crippen LogP contribution is -2.18. The summed E-state index contributed by atoms with van der Waals surface area (Å²) in [5.41, 5.74) is 2.31. The molecule has 2 nitrogen and oxygen atoms in total. The summed E-state index contributed by atoms with van der Waals surface area (Å²) in [5.74, 6) is 0.919. The first-order chi connectivity index (χ1) is 10.1. The van der Waals surface area contributed by atoms with Crippen LogP contribution in [0.1, 0.15) is 31.0 Å². The predicted octanol–water partition coefficient (Wildman–Crippen LogP) is 5.46. The molecule has 1 atom stereocenters. The number of hydrogen-bond donors (Lipinski definition) is 1. The first kappa shape index (κ1) is 16.5. The van der Waals surface area contributed by atoms with Gasteiger partial charge < -0.3 is 10.1 Å². The van der Waals surface area contributed by atoms with E-state index >= 15 is 0 Å². The second-order valence-corrected chi connectivity index (χ2v) is 6.61. The van der Waals surface area contributed by atoms with Crippen LogP contribution < -0.4 is 10.1 Å². The topological polar surface area (TPSA) is 21.3 Å². The third-order valence-electron chi connectivity index (χ3n) is 3.29. The standard InChI is InChI=1S/C17H19Br2NO/c1-3-20-12(2)15-10-14(18)8-9-17(15)21-11-13-6-4-5-7-16(13)19/h4-10,12,20H,3,11H2,1-2H3. The van der Waals surface area contributed by atoms with Crippen molar-refractivity contribution in [1.29, 1.82) is 0 Å². The maximum absolute atomic E-state index is 6.04. The molecule has 1 unspecified atom stereocenters. The summed E-state index contributed by atoms with van der Waals surface area (Å²) >= 11 is 7.09. The summed E-state index contributed by atoms with van der Waals surface area (Å²) < 4.78 is 8.17. The molecule has 0 aliphatic heterocycles. The minimum Gasteiger partial charge on any atom is -0.489 e. The predicted molar refractivity (Wildman–Crippen MR) is 94.7 cm³/mol. The van der Waals surface area contributed by atoms with E-state index in [1.54, 1.807) is 0 Å². The summed E-state index contributed by atoms with van der Waals surface area (Å²) in [5, 5.41) is 3.43. The van der Waals surface area contributed by atoms with Gasteiger partial charge in [-0.3, -0.25) is 0 Å². The molecule has 112 valence electrons. The van der Waals surface area contributed by atoms with Gasteiger partial charge in [0.15, 0.2) is 0 Å². The molecule has 0 saturated carbocycles. The molecule has 2 rings (SSSR count). The van der Waals surface area contributed by atoms with Crippen LogP contribution in [0, 0.1) is 0 Å². The van der Waals surface area contributed by atoms with Gasteiger partial charge in [0.2, 0.25) is 0 Å². The van der Waals surface area contributed by atoms with Gasteiger partial charge in [-0.1, -0.05) is 57.0 Å². The Kier molecular flexibility index (Phi) is 6.27. The number of nitrogens with one attached hydrogen (secondary N) is 1. The van der Waals surface area contributed by atoms with Gasteiger partial charge in [-0.25, -0.2) is 0 Å². The summed E-state index contributed by atoms with van der Waals surface area (Å²) in [4.78, 5) is 0. The van der Waals surface area contributed by atoms with Crippen molar-refractivity contribution in [2.75, 3.05) is 6.54 Å². The van der Waals surface area contributed by atoms with Crippen LogP contribution in [0.15, 0.2) is 51.4 Å². The zero-order chi connectivity index (χ0) is 15.2. The lowest BCUT2D eigenvalue weighted by molar-refractivity contribution is 0.299. The van der Waals surface area contributed by atoms with Crippen LogP contribution >= 0.6 is 31.9 Å². The third-order valence-corrected chi connectivity index (χ3v) is 4.56. The van der Waals surface area contributed by atoms with Gasteiger partial charge in [0.25, 0.3) is 0 Å². The molecule has 0 heterocycles. The van der Waals surface area contributed by atoms with Crippen molar-refractivity contribution in [3.63, 3.8) is 0 Å². The second-order valence-electron chi connectivity index (χ2n) is 4.84. The molecule has 0 aromatic heterocycles. The number of halogens is 2. The number of benzene rings is 2. The fourth-order valence-electron chi connectivity index (χ4n) is 2.18. The van der Waals surface area contributed by atoms with E-state index in [4.69, 9.17) is 4.74 Å². The van der Waals surface area contributed by atoms with Crippen LogP contribution in [0.3, 0.4) is 0 Å². The molecule has 0 radical (unpaired) electrons. The quantitative estimate of drug-likeness (QED) is 0.679. The second kappa shape index (κ2) is 7.97. The van der Waals surface area contributed by atoms with Gasteiger partial charge >= 0.3 is 0 Å². The van der Waals surface area contributed by atoms with E-state index in [0.717, 1.165) is 26.8 Å². The molecular weight excluding hydrogens is 394 g/mol. The Morgan fingerprint density at radius 3 is 2.62 bits per heavy atom. The third kappa shape index (κ3) is 4.56. The normalized spacial score (nSPS) is 12.2. The minimum atomic E-state index is 0.252. The Balaban J connectivity index is 2.18. The van der Waals surface area contributed by atoms with E-state index in [2.05, 4.69) is 63.2 Å². The molecule has 0 bridgehead atoms. The molecule has 2 aromatic carbocycles. The lowest BCUT2D eigenvalue weighted by Gasteiger charge is -2.18. The Labute approximate surface area is 143 Å². The van der Waals surface area contributed by atoms with Gasteiger partial charge in [0.05, 0.1) is 0 Å². The molecule has 0 aliphatic carbocycles. The highest BCUT2D eigenvalue weighted by Crippen LogP contribution is 2.29. The molecular formula is C17H19Br2NO. The van der Waals surface area contributed by atoms with Crippen molar-refractivity contribution in [3.8, 4) is 5.75 Å². The Morgan fingerprint density at radius 2 is 1.90 bits per heavy atom. The largest absolute Gasteiger partial charge is 0.489 e. The molecule has 0 amide bonds. The van der Waals surface area contributed by atoms with Crippen molar-refractivity contribution < 1.29 is 4.74 Å². The Bertz CT molecular complexity index is 601. The van der Waals surface area contributed by atoms with E-state index in [-0.39, 0.29) is 6.04 Å². The van der Waals surface area contributed by atoms with Crippen LogP contribution in [-0.4, -0.2) is 6.54 Å². The van der Waals surface area contributed by atoms with Gasteiger partial charge in [0, 0.05) is 26.1 Å². The average molecular weight is 413 g/mol. The molecule has 21 heavy (non-hydrogen) atoms. The lowest BCUT2D eigenvalue weighted by atomic mass is 10.1. The molecule has 0 fully saturated rings. The summed E-state index contributed by atoms with van der Waals surface area (Å²) in [6, 6.07) is 14.5. The number of hydrogen-bond acceptors (Lipinski definition) is 2. The van der Waals surface area contributed by atoms with Crippen molar-refractivity contribution in [1.82, 2.24) is 5.32 Å². The van der Waals surface area contributed by atoms with Crippen LogP contribution in [0.25, 0.3) is 0 Å². The summed E-state index contributed by atoms with van der Waals surface area (Å²) in [7, 11) is 0. The molecule has 4 heteroatoms. The van der Waals surface area contributed by atoms with Crippen LogP contribution in [-0.2, 0) is 6.61 Å². The van der Waals surface area contributed by atoms with Crippen molar-refractivity contribution in [3.05, 3.63) is 62.5 Å². The van der Waals surface area contributed by atoms with E-state index in [0.29, 0.717) is 6.61 Å². The highest BCUT2D eigenvalue weighted by molar-refractivity contribution is 9.10. The first-order valence-electron chi connectivity index (χ1n) is 7.01. The highest BCUT2D eigenvalue weighted by Gasteiger charge is 2.12. The molecule has 0 aliphatic rings. The molecule has 2 aromatic rings. The summed E-state index contributed by atoms with van der Waals surface area (Å²) in [6.45, 7) is 5.74. The van der Waals surface area contributed by atoms with Gasteiger partial charge in [-0.05, 0) is 37.7 Å². The first-order valence-corrected chi connectivity index (χ1v) is 8.59. The van der Waals surface area contributed by atoms with E-state index < -0.39 is 0 Å². The van der Waals surface area contributed by atoms with E-state index in [1.807, 2.05) is 30.3 Å². The Morgan fingerprint density at radius 1 is 1.14 bits per heavy atom. The van der Waals surface area contributed by atoms with Crippen LogP contribution in [0.5, 0.6) is 5.75 Å². The van der Waals surface area contributed by atoms with Gasteiger partial charge in [-0.15, -0.1) is 0 Å². The maximum Gasteiger partial charge on any atom is 0.124 e. The van der Waals surface area contributed by atoms with Gasteiger partial charge in [-0.2, -0.15) is 0 Å². The van der Waals surface area contributed by atoms with Crippen molar-refractivity contribution in [2.24, 2.45) is 0 Å². The minimum absolute atomic E-state index is 0.252. The van der Waals surface area contributed by atoms with Crippen LogP contribution in [0.4, 0.5) is 0 Å². The van der Waals surface area contributed by atoms with Crippen molar-refractivity contribution >= 4 is 31.9 Å². The van der Waals surface area contributed by atoms with Crippen LogP contribution in [0.2, 0.25) is 0 Å². The van der Waals surface area contributed by atoms with E-state index in [1.165, 1.54) is 5.56 Å². The number of rotatable bonds is 6. The number of ether oxygens (including phenoxy) is 1. The Hall–Kier alpha value is -0.840. The molecule has 0 spiro atoms. The maximum atomic E-state index is 6.04. The fraction of sp³-hybridized carbons (Fsp3) is 0.294. The summed E-state index contributed by atoms with van der Waals surface area (Å²) in [6.07, 6.45) is 0. The smallest absolute Gasteiger partial charge is 0.124 e.